The monoisotopic (exact) mass is 434 g/mol. The SMILES string of the molecule is CN(CCCC(=O)Oc1ccc(N2CCCC2=O)cc1)S(=O)(=O)c1ccc(F)cc1. The molecule has 7 nitrogen and oxygen atoms in total. The lowest BCUT2D eigenvalue weighted by molar-refractivity contribution is -0.134. The van der Waals surface area contributed by atoms with Gasteiger partial charge < -0.3 is 9.64 Å². The molecule has 0 aromatic heterocycles. The van der Waals surface area contributed by atoms with E-state index in [1.54, 1.807) is 29.2 Å². The van der Waals surface area contributed by atoms with Gasteiger partial charge in [0.05, 0.1) is 4.90 Å². The van der Waals surface area contributed by atoms with Crippen molar-refractivity contribution in [1.82, 2.24) is 4.31 Å². The molecule has 0 radical (unpaired) electrons. The fraction of sp³-hybridized carbons (Fsp3) is 0.333. The molecule has 0 spiro atoms. The standard InChI is InChI=1S/C21H23FN2O5S/c1-23(30(27,28)19-12-6-16(22)7-13-19)14-3-5-21(26)29-18-10-8-17(9-11-18)24-15-2-4-20(24)25/h6-13H,2-5,14-15H2,1H3. The van der Waals surface area contributed by atoms with Gasteiger partial charge in [-0.15, -0.1) is 0 Å². The first-order valence-corrected chi connectivity index (χ1v) is 11.0. The highest BCUT2D eigenvalue weighted by Crippen LogP contribution is 2.24. The van der Waals surface area contributed by atoms with Gasteiger partial charge in [-0.1, -0.05) is 0 Å². The van der Waals surface area contributed by atoms with E-state index in [2.05, 4.69) is 0 Å². The molecule has 30 heavy (non-hydrogen) atoms. The second-order valence-electron chi connectivity index (χ2n) is 7.00. The third-order valence-corrected chi connectivity index (χ3v) is 6.70. The molecule has 0 atom stereocenters. The largest absolute Gasteiger partial charge is 0.427 e. The molecule has 1 heterocycles. The van der Waals surface area contributed by atoms with E-state index in [1.807, 2.05) is 0 Å². The van der Waals surface area contributed by atoms with Crippen molar-refractivity contribution in [3.63, 3.8) is 0 Å². The van der Waals surface area contributed by atoms with Gasteiger partial charge in [0.2, 0.25) is 15.9 Å². The number of rotatable bonds is 8. The molecular formula is C21H23FN2O5S. The summed E-state index contributed by atoms with van der Waals surface area (Å²) in [4.78, 5) is 25.5. The van der Waals surface area contributed by atoms with E-state index >= 15 is 0 Å². The lowest BCUT2D eigenvalue weighted by Gasteiger charge is -2.17. The molecule has 160 valence electrons. The van der Waals surface area contributed by atoms with Crippen molar-refractivity contribution in [1.29, 1.82) is 0 Å². The molecule has 0 N–H and O–H groups in total. The molecule has 1 amide bonds. The van der Waals surface area contributed by atoms with Crippen molar-refractivity contribution in [2.24, 2.45) is 0 Å². The van der Waals surface area contributed by atoms with Gasteiger partial charge in [0.1, 0.15) is 11.6 Å². The number of ether oxygens (including phenoxy) is 1. The van der Waals surface area contributed by atoms with Crippen LogP contribution in [0.5, 0.6) is 5.75 Å². The first-order chi connectivity index (χ1) is 14.3. The van der Waals surface area contributed by atoms with Gasteiger partial charge in [-0.3, -0.25) is 9.59 Å². The molecular weight excluding hydrogens is 411 g/mol. The highest BCUT2D eigenvalue weighted by atomic mass is 32.2. The van der Waals surface area contributed by atoms with Gasteiger partial charge in [-0.05, 0) is 61.4 Å². The molecule has 1 saturated heterocycles. The predicted octanol–water partition coefficient (Wildman–Crippen LogP) is 2.96. The number of hydrogen-bond donors (Lipinski definition) is 0. The maximum atomic E-state index is 13.0. The molecule has 1 aliphatic heterocycles. The number of sulfonamides is 1. The third-order valence-electron chi connectivity index (χ3n) is 4.83. The zero-order valence-electron chi connectivity index (χ0n) is 16.6. The quantitative estimate of drug-likeness (QED) is 0.471. The minimum absolute atomic E-state index is 0.00875. The first-order valence-electron chi connectivity index (χ1n) is 9.60. The molecule has 3 rings (SSSR count). The number of nitrogens with zero attached hydrogens (tertiary/aromatic N) is 2. The minimum Gasteiger partial charge on any atom is -0.427 e. The zero-order chi connectivity index (χ0) is 21.7. The minimum atomic E-state index is -3.75. The number of benzene rings is 2. The van der Waals surface area contributed by atoms with Crippen molar-refractivity contribution < 1.29 is 27.1 Å². The fourth-order valence-electron chi connectivity index (χ4n) is 3.15. The van der Waals surface area contributed by atoms with Crippen LogP contribution >= 0.6 is 0 Å². The van der Waals surface area contributed by atoms with E-state index in [1.165, 1.54) is 19.2 Å². The van der Waals surface area contributed by atoms with Crippen LogP contribution in [0.15, 0.2) is 53.4 Å². The fourth-order valence-corrected chi connectivity index (χ4v) is 4.36. The number of hydrogen-bond acceptors (Lipinski definition) is 5. The summed E-state index contributed by atoms with van der Waals surface area (Å²) >= 11 is 0. The summed E-state index contributed by atoms with van der Waals surface area (Å²) in [5.74, 6) is -0.547. The maximum absolute atomic E-state index is 13.0. The van der Waals surface area contributed by atoms with Crippen LogP contribution in [-0.4, -0.2) is 44.7 Å². The number of carbonyl (C=O) groups excluding carboxylic acids is 2. The molecule has 0 bridgehead atoms. The van der Waals surface area contributed by atoms with Gasteiger partial charge in [0.15, 0.2) is 0 Å². The van der Waals surface area contributed by atoms with Gasteiger partial charge >= 0.3 is 5.97 Å². The number of amides is 1. The van der Waals surface area contributed by atoms with Crippen molar-refractivity contribution in [2.45, 2.75) is 30.6 Å². The van der Waals surface area contributed by atoms with Gasteiger partial charge in [-0.2, -0.15) is 0 Å². The summed E-state index contributed by atoms with van der Waals surface area (Å²) in [7, 11) is -2.34. The van der Waals surface area contributed by atoms with Gasteiger partial charge in [0.25, 0.3) is 0 Å². The normalized spacial score (nSPS) is 14.4. The van der Waals surface area contributed by atoms with Crippen LogP contribution in [0.2, 0.25) is 0 Å². The second kappa shape index (κ2) is 9.36. The average molecular weight is 434 g/mol. The van der Waals surface area contributed by atoms with Crippen LogP contribution < -0.4 is 9.64 Å². The number of anilines is 1. The maximum Gasteiger partial charge on any atom is 0.311 e. The van der Waals surface area contributed by atoms with Crippen LogP contribution in [-0.2, 0) is 19.6 Å². The third kappa shape index (κ3) is 5.22. The topological polar surface area (TPSA) is 84.0 Å². The molecule has 2 aromatic carbocycles. The highest BCUT2D eigenvalue weighted by Gasteiger charge is 2.22. The second-order valence-corrected chi connectivity index (χ2v) is 9.05. The van der Waals surface area contributed by atoms with Crippen molar-refractivity contribution in [3.05, 3.63) is 54.3 Å². The summed E-state index contributed by atoms with van der Waals surface area (Å²) in [6.07, 6.45) is 1.69. The molecule has 0 saturated carbocycles. The Morgan fingerprint density at radius 1 is 1.13 bits per heavy atom. The summed E-state index contributed by atoms with van der Waals surface area (Å²) in [5, 5.41) is 0. The Morgan fingerprint density at radius 3 is 2.40 bits per heavy atom. The van der Waals surface area contributed by atoms with Crippen molar-refractivity contribution >= 4 is 27.6 Å². The lowest BCUT2D eigenvalue weighted by Crippen LogP contribution is -2.28. The Hall–Kier alpha value is -2.78. The highest BCUT2D eigenvalue weighted by molar-refractivity contribution is 7.89. The van der Waals surface area contributed by atoms with E-state index in [4.69, 9.17) is 4.74 Å². The summed E-state index contributed by atoms with van der Waals surface area (Å²) < 4.78 is 44.2. The lowest BCUT2D eigenvalue weighted by atomic mass is 10.2. The zero-order valence-corrected chi connectivity index (χ0v) is 17.4. The molecule has 0 aliphatic carbocycles. The Balaban J connectivity index is 1.47. The summed E-state index contributed by atoms with van der Waals surface area (Å²) in [6.45, 7) is 0.803. The van der Waals surface area contributed by atoms with Crippen LogP contribution in [0.4, 0.5) is 10.1 Å². The molecule has 1 fully saturated rings. The first kappa shape index (κ1) is 21.9. The van der Waals surface area contributed by atoms with E-state index in [9.17, 15) is 22.4 Å². The summed E-state index contributed by atoms with van der Waals surface area (Å²) in [6, 6.07) is 11.3. The van der Waals surface area contributed by atoms with E-state index in [0.717, 1.165) is 28.5 Å². The van der Waals surface area contributed by atoms with Crippen molar-refractivity contribution in [2.75, 3.05) is 25.0 Å². The summed E-state index contributed by atoms with van der Waals surface area (Å²) in [5.41, 5.74) is 0.768. The molecule has 0 unspecified atom stereocenters. The molecule has 9 heteroatoms. The Bertz CT molecular complexity index is 1010. The molecule has 1 aliphatic rings. The number of carbonyl (C=O) groups is 2. The molecule has 2 aromatic rings. The smallest absolute Gasteiger partial charge is 0.311 e. The van der Waals surface area contributed by atoms with Crippen LogP contribution in [0.1, 0.15) is 25.7 Å². The Morgan fingerprint density at radius 2 is 1.80 bits per heavy atom. The van der Waals surface area contributed by atoms with Crippen LogP contribution in [0, 0.1) is 5.82 Å². The van der Waals surface area contributed by atoms with Crippen LogP contribution in [0.25, 0.3) is 0 Å². The van der Waals surface area contributed by atoms with Gasteiger partial charge in [0, 0.05) is 38.7 Å². The van der Waals surface area contributed by atoms with Crippen LogP contribution in [0.3, 0.4) is 0 Å². The number of esters is 1. The number of halogens is 1. The van der Waals surface area contributed by atoms with Gasteiger partial charge in [-0.25, -0.2) is 17.1 Å². The van der Waals surface area contributed by atoms with E-state index in [-0.39, 0.29) is 30.2 Å². The average Bonchev–Trinajstić information content (AvgIpc) is 3.14. The Kier molecular flexibility index (Phi) is 6.84. The van der Waals surface area contributed by atoms with E-state index < -0.39 is 21.8 Å². The van der Waals surface area contributed by atoms with Crippen molar-refractivity contribution in [3.8, 4) is 5.75 Å². The predicted molar refractivity (Wildman–Crippen MR) is 109 cm³/mol. The Labute approximate surface area is 175 Å². The van der Waals surface area contributed by atoms with E-state index in [0.29, 0.717) is 18.7 Å².